The Bertz CT molecular complexity index is 518. The Kier molecular flexibility index (Phi) is 1.67. The van der Waals surface area contributed by atoms with Gasteiger partial charge in [-0.1, -0.05) is 5.21 Å². The maximum absolute atomic E-state index is 11.3. The van der Waals surface area contributed by atoms with Crippen molar-refractivity contribution < 1.29 is 0 Å². The van der Waals surface area contributed by atoms with Crippen molar-refractivity contribution in [2.45, 2.75) is 26.3 Å². The quantitative estimate of drug-likeness (QED) is 0.651. The highest BCUT2D eigenvalue weighted by Gasteiger charge is 2.18. The topological polar surface area (TPSA) is 76.5 Å². The van der Waals surface area contributed by atoms with E-state index in [1.807, 2.05) is 20.8 Å². The summed E-state index contributed by atoms with van der Waals surface area (Å²) in [4.78, 5) is 11.3. The van der Waals surface area contributed by atoms with E-state index in [1.165, 1.54) is 6.20 Å². The summed E-state index contributed by atoms with van der Waals surface area (Å²) in [6.45, 7) is 5.97. The zero-order valence-electron chi connectivity index (χ0n) is 8.27. The lowest BCUT2D eigenvalue weighted by Crippen LogP contribution is -2.24. The molecule has 14 heavy (non-hydrogen) atoms. The molecule has 6 nitrogen and oxygen atoms in total. The summed E-state index contributed by atoms with van der Waals surface area (Å²) >= 11 is 0. The van der Waals surface area contributed by atoms with Gasteiger partial charge in [-0.2, -0.15) is 5.10 Å². The lowest BCUT2D eigenvalue weighted by molar-refractivity contribution is 0.365. The highest BCUT2D eigenvalue weighted by molar-refractivity contribution is 5.72. The molecular weight excluding hydrogens is 182 g/mol. The van der Waals surface area contributed by atoms with Crippen LogP contribution in [0.2, 0.25) is 0 Å². The van der Waals surface area contributed by atoms with Crippen molar-refractivity contribution in [3.63, 3.8) is 0 Å². The molecule has 0 radical (unpaired) electrons. The van der Waals surface area contributed by atoms with Crippen LogP contribution in [0.25, 0.3) is 11.0 Å². The van der Waals surface area contributed by atoms with E-state index in [-0.39, 0.29) is 11.1 Å². The van der Waals surface area contributed by atoms with E-state index in [1.54, 1.807) is 4.68 Å². The monoisotopic (exact) mass is 193 g/mol. The van der Waals surface area contributed by atoms with E-state index in [4.69, 9.17) is 0 Å². The smallest absolute Gasteiger partial charge is 0.267 e. The van der Waals surface area contributed by atoms with Crippen molar-refractivity contribution in [1.82, 2.24) is 25.2 Å². The summed E-state index contributed by atoms with van der Waals surface area (Å²) in [7, 11) is 0. The summed E-state index contributed by atoms with van der Waals surface area (Å²) in [6.07, 6.45) is 1.51. The summed E-state index contributed by atoms with van der Waals surface area (Å²) in [6, 6.07) is 0. The molecule has 0 aliphatic heterocycles. The first kappa shape index (κ1) is 8.86. The van der Waals surface area contributed by atoms with Crippen molar-refractivity contribution in [1.29, 1.82) is 0 Å². The van der Waals surface area contributed by atoms with Crippen LogP contribution in [0.15, 0.2) is 11.0 Å². The third-order valence-corrected chi connectivity index (χ3v) is 1.92. The summed E-state index contributed by atoms with van der Waals surface area (Å²) in [5.74, 6) is 0. The molecular formula is C8H11N5O. The Hall–Kier alpha value is -1.72. The van der Waals surface area contributed by atoms with E-state index in [2.05, 4.69) is 20.5 Å². The van der Waals surface area contributed by atoms with Gasteiger partial charge in [0, 0.05) is 0 Å². The summed E-state index contributed by atoms with van der Waals surface area (Å²) in [5.41, 5.74) is 0.0521. The molecule has 6 heteroatoms. The molecule has 0 unspecified atom stereocenters. The molecule has 2 rings (SSSR count). The standard InChI is InChI=1S/C8H11N5O/c1-8(2,3)13-6-5(4-9-13)7(14)11-12-10-6/h4H,1-3H3,(H,10,11,14). The molecule has 1 N–H and O–H groups in total. The summed E-state index contributed by atoms with van der Waals surface area (Å²) < 4.78 is 1.69. The second-order valence-corrected chi connectivity index (χ2v) is 4.11. The van der Waals surface area contributed by atoms with Crippen LogP contribution in [0.3, 0.4) is 0 Å². The van der Waals surface area contributed by atoms with E-state index in [0.717, 1.165) is 0 Å². The fourth-order valence-corrected chi connectivity index (χ4v) is 1.27. The molecule has 0 aliphatic rings. The zero-order chi connectivity index (χ0) is 10.3. The van der Waals surface area contributed by atoms with Crippen LogP contribution in [-0.2, 0) is 5.54 Å². The normalized spacial score (nSPS) is 12.2. The minimum absolute atomic E-state index is 0.204. The third kappa shape index (κ3) is 1.19. The van der Waals surface area contributed by atoms with Gasteiger partial charge in [0.1, 0.15) is 5.39 Å². The fourth-order valence-electron chi connectivity index (χ4n) is 1.27. The van der Waals surface area contributed by atoms with Gasteiger partial charge >= 0.3 is 0 Å². The van der Waals surface area contributed by atoms with Gasteiger partial charge in [0.2, 0.25) is 0 Å². The van der Waals surface area contributed by atoms with E-state index in [9.17, 15) is 4.79 Å². The molecule has 0 aromatic carbocycles. The number of hydrogen-bond acceptors (Lipinski definition) is 4. The Morgan fingerprint density at radius 2 is 2.14 bits per heavy atom. The number of H-pyrrole nitrogens is 1. The molecule has 0 bridgehead atoms. The average Bonchev–Trinajstić information content (AvgIpc) is 2.47. The van der Waals surface area contributed by atoms with Gasteiger partial charge in [-0.25, -0.2) is 9.78 Å². The minimum atomic E-state index is -0.259. The molecule has 0 atom stereocenters. The largest absolute Gasteiger partial charge is 0.278 e. The number of nitrogens with one attached hydrogen (secondary N) is 1. The van der Waals surface area contributed by atoms with Crippen LogP contribution in [0, 0.1) is 0 Å². The van der Waals surface area contributed by atoms with Gasteiger partial charge < -0.3 is 0 Å². The van der Waals surface area contributed by atoms with Gasteiger partial charge in [-0.15, -0.1) is 5.10 Å². The van der Waals surface area contributed by atoms with Crippen LogP contribution in [0.5, 0.6) is 0 Å². The number of fused-ring (bicyclic) bond motifs is 1. The first-order chi connectivity index (χ1) is 6.50. The van der Waals surface area contributed by atoms with E-state index >= 15 is 0 Å². The van der Waals surface area contributed by atoms with Gasteiger partial charge in [0.05, 0.1) is 11.7 Å². The van der Waals surface area contributed by atoms with E-state index in [0.29, 0.717) is 11.0 Å². The molecule has 2 aromatic heterocycles. The Labute approximate surface area is 79.9 Å². The van der Waals surface area contributed by atoms with Crippen LogP contribution in [0.1, 0.15) is 20.8 Å². The Morgan fingerprint density at radius 1 is 1.43 bits per heavy atom. The van der Waals surface area contributed by atoms with Crippen LogP contribution in [-0.4, -0.2) is 25.2 Å². The number of aromatic amines is 1. The first-order valence-corrected chi connectivity index (χ1v) is 4.30. The predicted octanol–water partition coefficient (Wildman–Crippen LogP) is 0.270. The number of hydrogen-bond donors (Lipinski definition) is 1. The number of rotatable bonds is 0. The molecule has 0 fully saturated rings. The molecule has 74 valence electrons. The van der Waals surface area contributed by atoms with Crippen LogP contribution < -0.4 is 5.56 Å². The van der Waals surface area contributed by atoms with Crippen molar-refractivity contribution in [2.75, 3.05) is 0 Å². The highest BCUT2D eigenvalue weighted by atomic mass is 16.1. The second-order valence-electron chi connectivity index (χ2n) is 4.11. The highest BCUT2D eigenvalue weighted by Crippen LogP contribution is 2.16. The van der Waals surface area contributed by atoms with Gasteiger partial charge in [0.15, 0.2) is 5.65 Å². The average molecular weight is 193 g/mol. The van der Waals surface area contributed by atoms with Gasteiger partial charge in [0.25, 0.3) is 5.56 Å². The second kappa shape index (κ2) is 2.63. The molecule has 0 saturated heterocycles. The van der Waals surface area contributed by atoms with Gasteiger partial charge in [-0.05, 0) is 20.8 Å². The van der Waals surface area contributed by atoms with Crippen LogP contribution in [0.4, 0.5) is 0 Å². The number of nitrogens with zero attached hydrogens (tertiary/aromatic N) is 4. The minimum Gasteiger partial charge on any atom is -0.267 e. The maximum atomic E-state index is 11.3. The molecule has 2 heterocycles. The molecule has 0 aliphatic carbocycles. The predicted molar refractivity (Wildman–Crippen MR) is 50.9 cm³/mol. The number of aromatic nitrogens is 5. The molecule has 2 aromatic rings. The van der Waals surface area contributed by atoms with Crippen molar-refractivity contribution in [3.05, 3.63) is 16.6 Å². The Morgan fingerprint density at radius 3 is 2.79 bits per heavy atom. The lowest BCUT2D eigenvalue weighted by Gasteiger charge is -2.18. The Balaban J connectivity index is 2.83. The van der Waals surface area contributed by atoms with Crippen molar-refractivity contribution >= 4 is 11.0 Å². The maximum Gasteiger partial charge on any atom is 0.278 e. The van der Waals surface area contributed by atoms with Crippen LogP contribution >= 0.6 is 0 Å². The van der Waals surface area contributed by atoms with Crippen molar-refractivity contribution in [2.24, 2.45) is 0 Å². The van der Waals surface area contributed by atoms with E-state index < -0.39 is 0 Å². The SMILES string of the molecule is CC(C)(C)n1ncc2c(=O)[nH]nnc21. The third-order valence-electron chi connectivity index (χ3n) is 1.92. The first-order valence-electron chi connectivity index (χ1n) is 4.30. The summed E-state index contributed by atoms with van der Waals surface area (Å²) in [5, 5.41) is 14.2. The van der Waals surface area contributed by atoms with Crippen molar-refractivity contribution in [3.8, 4) is 0 Å². The molecule has 0 spiro atoms. The lowest BCUT2D eigenvalue weighted by atomic mass is 10.1. The molecule has 0 amide bonds. The van der Waals surface area contributed by atoms with Gasteiger partial charge in [-0.3, -0.25) is 4.79 Å². The molecule has 0 saturated carbocycles. The zero-order valence-corrected chi connectivity index (χ0v) is 8.27. The fraction of sp³-hybridized carbons (Fsp3) is 0.500.